The first kappa shape index (κ1) is 16.4. The number of allylic oxidation sites excluding steroid dienone is 2. The molecule has 0 saturated heterocycles. The lowest BCUT2D eigenvalue weighted by molar-refractivity contribution is -0.136. The number of amides is 1. The fourth-order valence-electron chi connectivity index (χ4n) is 3.24. The summed E-state index contributed by atoms with van der Waals surface area (Å²) in [5.74, 6) is -0.242. The number of rotatable bonds is 4. The average Bonchev–Trinajstić information content (AvgIpc) is 2.63. The minimum atomic E-state index is -0.389. The maximum Gasteiger partial charge on any atom is 0.226 e. The molecule has 2 atom stereocenters. The zero-order chi connectivity index (χ0) is 16.9. The molecule has 0 unspecified atom stereocenters. The third-order valence-corrected chi connectivity index (χ3v) is 4.49. The summed E-state index contributed by atoms with van der Waals surface area (Å²) in [7, 11) is 1.78. The van der Waals surface area contributed by atoms with E-state index in [0.29, 0.717) is 0 Å². The fourth-order valence-corrected chi connectivity index (χ4v) is 3.24. The van der Waals surface area contributed by atoms with Crippen LogP contribution in [0.2, 0.25) is 0 Å². The van der Waals surface area contributed by atoms with Crippen LogP contribution in [-0.4, -0.2) is 22.8 Å². The Labute approximate surface area is 141 Å². The molecule has 4 heteroatoms. The Kier molecular flexibility index (Phi) is 5.04. The standard InChI is InChI=1S/C20H21FN2O/c1-23(20(24)15-8-3-2-4-9-15)19(18-12-5-6-13-22-18)16-10-7-11-17(21)14-16/h2-3,5-7,10-15,19H,4,8-9H2,1H3/t15-,19-/m0/s1. The van der Waals surface area contributed by atoms with Crippen LogP contribution < -0.4 is 0 Å². The van der Waals surface area contributed by atoms with E-state index in [1.807, 2.05) is 24.3 Å². The molecule has 24 heavy (non-hydrogen) atoms. The SMILES string of the molecule is CN(C(=O)[C@H]1CC=CCC1)[C@@H](c1cccc(F)c1)c1ccccn1. The molecule has 2 aromatic rings. The summed E-state index contributed by atoms with van der Waals surface area (Å²) in [6.07, 6.45) is 8.44. The summed E-state index contributed by atoms with van der Waals surface area (Å²) in [5, 5.41) is 0. The minimum Gasteiger partial charge on any atom is -0.333 e. The van der Waals surface area contributed by atoms with Crippen molar-refractivity contribution in [3.8, 4) is 0 Å². The zero-order valence-electron chi connectivity index (χ0n) is 13.7. The second-order valence-electron chi connectivity index (χ2n) is 6.14. The number of hydrogen-bond donors (Lipinski definition) is 0. The molecule has 0 radical (unpaired) electrons. The summed E-state index contributed by atoms with van der Waals surface area (Å²) in [6.45, 7) is 0. The minimum absolute atomic E-state index is 0.0141. The Bertz CT molecular complexity index is 729. The number of benzene rings is 1. The Morgan fingerprint density at radius 2 is 2.12 bits per heavy atom. The highest BCUT2D eigenvalue weighted by atomic mass is 19.1. The first-order valence-electron chi connectivity index (χ1n) is 8.25. The summed E-state index contributed by atoms with van der Waals surface area (Å²) in [5.41, 5.74) is 1.47. The van der Waals surface area contributed by atoms with Crippen molar-refractivity contribution in [2.75, 3.05) is 7.05 Å². The second kappa shape index (κ2) is 7.39. The molecule has 0 aliphatic heterocycles. The molecule has 1 aromatic carbocycles. The van der Waals surface area contributed by atoms with E-state index < -0.39 is 0 Å². The van der Waals surface area contributed by atoms with Gasteiger partial charge in [-0.15, -0.1) is 0 Å². The molecule has 0 bridgehead atoms. The van der Waals surface area contributed by atoms with Gasteiger partial charge in [0.25, 0.3) is 0 Å². The van der Waals surface area contributed by atoms with Gasteiger partial charge in [0, 0.05) is 19.2 Å². The Hall–Kier alpha value is -2.49. The summed E-state index contributed by atoms with van der Waals surface area (Å²) >= 11 is 0. The molecule has 3 nitrogen and oxygen atoms in total. The smallest absolute Gasteiger partial charge is 0.226 e. The van der Waals surface area contributed by atoms with Crippen LogP contribution >= 0.6 is 0 Å². The quantitative estimate of drug-likeness (QED) is 0.793. The van der Waals surface area contributed by atoms with Crippen LogP contribution in [0, 0.1) is 11.7 Å². The number of carbonyl (C=O) groups excluding carboxylic acids is 1. The lowest BCUT2D eigenvalue weighted by atomic mass is 9.91. The lowest BCUT2D eigenvalue weighted by Crippen LogP contribution is -2.37. The van der Waals surface area contributed by atoms with Crippen LogP contribution in [-0.2, 0) is 4.79 Å². The number of nitrogens with zero attached hydrogens (tertiary/aromatic N) is 2. The Balaban J connectivity index is 1.95. The summed E-state index contributed by atoms with van der Waals surface area (Å²) < 4.78 is 13.7. The van der Waals surface area contributed by atoms with Crippen molar-refractivity contribution in [2.45, 2.75) is 25.3 Å². The van der Waals surface area contributed by atoms with E-state index in [9.17, 15) is 9.18 Å². The zero-order valence-corrected chi connectivity index (χ0v) is 13.7. The van der Waals surface area contributed by atoms with E-state index in [4.69, 9.17) is 0 Å². The molecule has 1 aromatic heterocycles. The van der Waals surface area contributed by atoms with E-state index >= 15 is 0 Å². The topological polar surface area (TPSA) is 33.2 Å². The molecule has 1 heterocycles. The third kappa shape index (κ3) is 3.53. The van der Waals surface area contributed by atoms with Crippen molar-refractivity contribution in [3.05, 3.63) is 77.9 Å². The Morgan fingerprint density at radius 1 is 1.25 bits per heavy atom. The molecule has 0 N–H and O–H groups in total. The van der Waals surface area contributed by atoms with Crippen molar-refractivity contribution in [1.29, 1.82) is 0 Å². The number of halogens is 1. The highest BCUT2D eigenvalue weighted by molar-refractivity contribution is 5.79. The van der Waals surface area contributed by atoms with Gasteiger partial charge in [-0.05, 0) is 49.1 Å². The van der Waals surface area contributed by atoms with Crippen molar-refractivity contribution >= 4 is 5.91 Å². The van der Waals surface area contributed by atoms with E-state index in [-0.39, 0.29) is 23.7 Å². The predicted octanol–water partition coefficient (Wildman–Crippen LogP) is 4.12. The Morgan fingerprint density at radius 3 is 2.79 bits per heavy atom. The maximum atomic E-state index is 13.7. The van der Waals surface area contributed by atoms with Gasteiger partial charge in [0.1, 0.15) is 5.82 Å². The molecule has 0 fully saturated rings. The first-order valence-corrected chi connectivity index (χ1v) is 8.25. The van der Waals surface area contributed by atoms with Crippen LogP contribution in [0.4, 0.5) is 4.39 Å². The number of carbonyl (C=O) groups is 1. The number of hydrogen-bond acceptors (Lipinski definition) is 2. The van der Waals surface area contributed by atoms with Crippen molar-refractivity contribution < 1.29 is 9.18 Å². The molecule has 3 rings (SSSR count). The number of aromatic nitrogens is 1. The second-order valence-corrected chi connectivity index (χ2v) is 6.14. The van der Waals surface area contributed by atoms with Gasteiger partial charge in [-0.3, -0.25) is 9.78 Å². The molecular weight excluding hydrogens is 303 g/mol. The largest absolute Gasteiger partial charge is 0.333 e. The molecule has 1 amide bonds. The highest BCUT2D eigenvalue weighted by Gasteiger charge is 2.29. The van der Waals surface area contributed by atoms with E-state index in [1.165, 1.54) is 12.1 Å². The molecular formula is C20H21FN2O. The molecule has 0 saturated carbocycles. The maximum absolute atomic E-state index is 13.7. The van der Waals surface area contributed by atoms with Crippen LogP contribution in [0.1, 0.15) is 36.6 Å². The van der Waals surface area contributed by atoms with Crippen LogP contribution in [0.15, 0.2) is 60.8 Å². The van der Waals surface area contributed by atoms with Crippen LogP contribution in [0.25, 0.3) is 0 Å². The summed E-state index contributed by atoms with van der Waals surface area (Å²) in [4.78, 5) is 19.1. The molecule has 124 valence electrons. The van der Waals surface area contributed by atoms with Gasteiger partial charge in [-0.2, -0.15) is 0 Å². The van der Waals surface area contributed by atoms with E-state index in [1.54, 1.807) is 24.2 Å². The van der Waals surface area contributed by atoms with Crippen LogP contribution in [0.3, 0.4) is 0 Å². The summed E-state index contributed by atoms with van der Waals surface area (Å²) in [6, 6.07) is 11.6. The highest BCUT2D eigenvalue weighted by Crippen LogP contribution is 2.30. The molecule has 1 aliphatic rings. The van der Waals surface area contributed by atoms with Gasteiger partial charge >= 0.3 is 0 Å². The van der Waals surface area contributed by atoms with Crippen molar-refractivity contribution in [2.24, 2.45) is 5.92 Å². The van der Waals surface area contributed by atoms with Gasteiger partial charge in [-0.25, -0.2) is 4.39 Å². The van der Waals surface area contributed by atoms with Gasteiger partial charge in [0.05, 0.1) is 11.7 Å². The van der Waals surface area contributed by atoms with E-state index in [2.05, 4.69) is 17.1 Å². The lowest BCUT2D eigenvalue weighted by Gasteiger charge is -2.32. The average molecular weight is 324 g/mol. The third-order valence-electron chi connectivity index (χ3n) is 4.49. The van der Waals surface area contributed by atoms with Gasteiger partial charge in [0.2, 0.25) is 5.91 Å². The predicted molar refractivity (Wildman–Crippen MR) is 91.7 cm³/mol. The van der Waals surface area contributed by atoms with Crippen molar-refractivity contribution in [1.82, 2.24) is 9.88 Å². The monoisotopic (exact) mass is 324 g/mol. The molecule has 0 spiro atoms. The molecule has 1 aliphatic carbocycles. The van der Waals surface area contributed by atoms with Crippen molar-refractivity contribution in [3.63, 3.8) is 0 Å². The first-order chi connectivity index (χ1) is 11.7. The van der Waals surface area contributed by atoms with Gasteiger partial charge in [0.15, 0.2) is 0 Å². The normalized spacial score (nSPS) is 18.2. The van der Waals surface area contributed by atoms with Gasteiger partial charge in [-0.1, -0.05) is 30.4 Å². The number of pyridine rings is 1. The van der Waals surface area contributed by atoms with Gasteiger partial charge < -0.3 is 4.90 Å². The van der Waals surface area contributed by atoms with E-state index in [0.717, 1.165) is 30.5 Å². The van der Waals surface area contributed by atoms with Crippen LogP contribution in [0.5, 0.6) is 0 Å². The fraction of sp³-hybridized carbons (Fsp3) is 0.300.